The van der Waals surface area contributed by atoms with Crippen LogP contribution in [0.5, 0.6) is 0 Å². The van der Waals surface area contributed by atoms with E-state index >= 15 is 0 Å². The number of anilines is 1. The quantitative estimate of drug-likeness (QED) is 0.544. The van der Waals surface area contributed by atoms with Gasteiger partial charge in [-0.1, -0.05) is 59.6 Å². The molecule has 0 bridgehead atoms. The molecule has 1 spiro atoms. The summed E-state index contributed by atoms with van der Waals surface area (Å²) in [4.78, 5) is 11.6. The zero-order chi connectivity index (χ0) is 22.5. The molecule has 2 N–H and O–H groups in total. The summed E-state index contributed by atoms with van der Waals surface area (Å²) < 4.78 is 0. The van der Waals surface area contributed by atoms with Gasteiger partial charge < -0.3 is 10.6 Å². The minimum Gasteiger partial charge on any atom is -0.354 e. The molecule has 0 amide bonds. The van der Waals surface area contributed by atoms with E-state index in [9.17, 15) is 5.26 Å². The Hall–Kier alpha value is -2.65. The van der Waals surface area contributed by atoms with Crippen LogP contribution in [0.25, 0.3) is 11.3 Å². The molecule has 162 valence electrons. The van der Waals surface area contributed by atoms with E-state index in [1.165, 1.54) is 11.1 Å². The highest BCUT2D eigenvalue weighted by molar-refractivity contribution is 6.43. The van der Waals surface area contributed by atoms with Crippen LogP contribution in [0.2, 0.25) is 10.0 Å². The average Bonchev–Trinajstić information content (AvgIpc) is 3.07. The van der Waals surface area contributed by atoms with E-state index in [4.69, 9.17) is 33.9 Å². The van der Waals surface area contributed by atoms with Crippen molar-refractivity contribution in [1.29, 1.82) is 5.26 Å². The predicted molar refractivity (Wildman–Crippen MR) is 128 cm³/mol. The van der Waals surface area contributed by atoms with Crippen molar-refractivity contribution in [2.45, 2.75) is 32.2 Å². The Balaban J connectivity index is 1.43. The topological polar surface area (TPSA) is 78.8 Å². The largest absolute Gasteiger partial charge is 0.354 e. The summed E-state index contributed by atoms with van der Waals surface area (Å²) in [7, 11) is 0. The van der Waals surface area contributed by atoms with Gasteiger partial charge in [0.05, 0.1) is 21.4 Å². The van der Waals surface area contributed by atoms with Crippen molar-refractivity contribution in [3.05, 3.63) is 75.0 Å². The highest BCUT2D eigenvalue weighted by atomic mass is 35.5. The lowest BCUT2D eigenvalue weighted by Gasteiger charge is -2.42. The van der Waals surface area contributed by atoms with E-state index in [2.05, 4.69) is 40.2 Å². The van der Waals surface area contributed by atoms with Crippen LogP contribution in [0.4, 0.5) is 5.82 Å². The monoisotopic (exact) mass is 463 g/mol. The van der Waals surface area contributed by atoms with Crippen LogP contribution in [0.1, 0.15) is 41.4 Å². The third kappa shape index (κ3) is 3.34. The first-order valence-corrected chi connectivity index (χ1v) is 11.5. The molecule has 0 unspecified atom stereocenters. The van der Waals surface area contributed by atoms with Gasteiger partial charge >= 0.3 is 0 Å². The molecule has 5 nitrogen and oxygen atoms in total. The van der Waals surface area contributed by atoms with Crippen LogP contribution in [0.15, 0.2) is 42.5 Å². The van der Waals surface area contributed by atoms with Gasteiger partial charge in [0.1, 0.15) is 6.07 Å². The maximum absolute atomic E-state index is 9.84. The summed E-state index contributed by atoms with van der Waals surface area (Å²) in [5.41, 5.74) is 11.7. The second-order valence-corrected chi connectivity index (χ2v) is 9.53. The normalized spacial score (nSPS) is 19.1. The van der Waals surface area contributed by atoms with Crippen molar-refractivity contribution in [2.75, 3.05) is 18.0 Å². The van der Waals surface area contributed by atoms with Crippen LogP contribution >= 0.6 is 23.2 Å². The molecule has 1 fully saturated rings. The molecule has 5 rings (SSSR count). The Morgan fingerprint density at radius 1 is 1.09 bits per heavy atom. The van der Waals surface area contributed by atoms with Gasteiger partial charge in [0.15, 0.2) is 11.5 Å². The lowest BCUT2D eigenvalue weighted by atomic mass is 9.73. The second kappa shape index (κ2) is 8.04. The van der Waals surface area contributed by atoms with E-state index in [1.54, 1.807) is 6.07 Å². The number of benzene rings is 2. The predicted octanol–water partition coefficient (Wildman–Crippen LogP) is 5.47. The van der Waals surface area contributed by atoms with Gasteiger partial charge in [0.2, 0.25) is 0 Å². The molecule has 0 radical (unpaired) electrons. The number of fused-ring (bicyclic) bond motifs is 1. The molecule has 2 aromatic carbocycles. The maximum Gasteiger partial charge on any atom is 0.183 e. The van der Waals surface area contributed by atoms with E-state index in [-0.39, 0.29) is 11.5 Å². The van der Waals surface area contributed by atoms with Crippen LogP contribution in [-0.2, 0) is 6.42 Å². The molecule has 3 aromatic rings. The van der Waals surface area contributed by atoms with Gasteiger partial charge in [-0.3, -0.25) is 0 Å². The Bertz CT molecular complexity index is 1240. The first kappa shape index (κ1) is 21.2. The molecule has 2 heterocycles. The standard InChI is InChI=1S/C25H23Cl2N5/c1-15-22(18-7-4-8-19(26)21(18)27)31-20(14-28)24(30-15)32-11-9-25(10-12-32)13-16-5-2-3-6-17(16)23(25)29/h2-8,23H,9-13,29H2,1H3/t23-/m1/s1. The SMILES string of the molecule is Cc1nc(N2CCC3(CC2)Cc2ccccc2[C@H]3N)c(C#N)nc1-c1cccc(Cl)c1Cl. The third-order valence-corrected chi connectivity index (χ3v) is 7.83. The number of rotatable bonds is 2. The van der Waals surface area contributed by atoms with Crippen LogP contribution in [0, 0.1) is 23.7 Å². The number of nitrogens with two attached hydrogens (primary N) is 1. The van der Waals surface area contributed by atoms with Gasteiger partial charge in [-0.25, -0.2) is 9.97 Å². The Morgan fingerprint density at radius 3 is 2.56 bits per heavy atom. The summed E-state index contributed by atoms with van der Waals surface area (Å²) in [5.74, 6) is 0.630. The average molecular weight is 464 g/mol. The summed E-state index contributed by atoms with van der Waals surface area (Å²) in [5, 5.41) is 10.7. The number of hydrogen-bond donors (Lipinski definition) is 1. The molecule has 1 saturated heterocycles. The van der Waals surface area contributed by atoms with Crippen molar-refractivity contribution >= 4 is 29.0 Å². The summed E-state index contributed by atoms with van der Waals surface area (Å²) in [6, 6.07) is 16.2. The lowest BCUT2D eigenvalue weighted by molar-refractivity contribution is 0.187. The fourth-order valence-corrected chi connectivity index (χ4v) is 5.60. The second-order valence-electron chi connectivity index (χ2n) is 8.75. The first-order chi connectivity index (χ1) is 15.4. The maximum atomic E-state index is 9.84. The smallest absolute Gasteiger partial charge is 0.183 e. The Labute approximate surface area is 197 Å². The molecule has 0 saturated carbocycles. The number of piperidine rings is 1. The molecule has 1 aliphatic heterocycles. The fourth-order valence-electron chi connectivity index (χ4n) is 5.21. The van der Waals surface area contributed by atoms with Gasteiger partial charge in [0.25, 0.3) is 0 Å². The summed E-state index contributed by atoms with van der Waals surface area (Å²) in [6.45, 7) is 3.47. The number of hydrogen-bond acceptors (Lipinski definition) is 5. The highest BCUT2D eigenvalue weighted by Gasteiger charge is 2.46. The molecule has 32 heavy (non-hydrogen) atoms. The van der Waals surface area contributed by atoms with Crippen LogP contribution in [0.3, 0.4) is 0 Å². The molecular formula is C25H23Cl2N5. The molecule has 1 atom stereocenters. The highest BCUT2D eigenvalue weighted by Crippen LogP contribution is 2.51. The van der Waals surface area contributed by atoms with Gasteiger partial charge in [-0.15, -0.1) is 0 Å². The molecule has 7 heteroatoms. The Morgan fingerprint density at radius 2 is 1.84 bits per heavy atom. The van der Waals surface area contributed by atoms with Crippen molar-refractivity contribution in [3.8, 4) is 17.3 Å². The van der Waals surface area contributed by atoms with E-state index in [0.29, 0.717) is 38.5 Å². The van der Waals surface area contributed by atoms with E-state index < -0.39 is 0 Å². The zero-order valence-electron chi connectivity index (χ0n) is 17.8. The molecule has 1 aliphatic carbocycles. The fraction of sp³-hybridized carbons (Fsp3) is 0.320. The number of aromatic nitrogens is 2. The van der Waals surface area contributed by atoms with Crippen LogP contribution < -0.4 is 10.6 Å². The lowest BCUT2D eigenvalue weighted by Crippen LogP contribution is -2.45. The number of nitriles is 1. The summed E-state index contributed by atoms with van der Waals surface area (Å²) in [6.07, 6.45) is 2.92. The van der Waals surface area contributed by atoms with Crippen molar-refractivity contribution in [2.24, 2.45) is 11.1 Å². The van der Waals surface area contributed by atoms with E-state index in [0.717, 1.165) is 32.4 Å². The van der Waals surface area contributed by atoms with Crippen molar-refractivity contribution in [1.82, 2.24) is 9.97 Å². The minimum absolute atomic E-state index is 0.0523. The number of aryl methyl sites for hydroxylation is 1. The molecular weight excluding hydrogens is 441 g/mol. The van der Waals surface area contributed by atoms with Crippen LogP contribution in [-0.4, -0.2) is 23.1 Å². The Kier molecular flexibility index (Phi) is 5.33. The third-order valence-electron chi connectivity index (χ3n) is 7.02. The number of nitrogens with zero attached hydrogens (tertiary/aromatic N) is 4. The summed E-state index contributed by atoms with van der Waals surface area (Å²) >= 11 is 12.6. The minimum atomic E-state index is 0.0523. The molecule has 1 aromatic heterocycles. The first-order valence-electron chi connectivity index (χ1n) is 10.7. The zero-order valence-corrected chi connectivity index (χ0v) is 19.3. The van der Waals surface area contributed by atoms with Crippen molar-refractivity contribution in [3.63, 3.8) is 0 Å². The molecule has 2 aliphatic rings. The van der Waals surface area contributed by atoms with Gasteiger partial charge in [0, 0.05) is 24.7 Å². The number of halogens is 2. The van der Waals surface area contributed by atoms with Gasteiger partial charge in [-0.05, 0) is 48.8 Å². The van der Waals surface area contributed by atoms with Crippen molar-refractivity contribution < 1.29 is 0 Å². The van der Waals surface area contributed by atoms with E-state index in [1.807, 2.05) is 19.1 Å². The van der Waals surface area contributed by atoms with Gasteiger partial charge in [-0.2, -0.15) is 5.26 Å².